The number of hydrogen-bond acceptors (Lipinski definition) is 1. The first-order valence-electron chi connectivity index (χ1n) is 18.6. The predicted molar refractivity (Wildman–Crippen MR) is 234 cm³/mol. The molecule has 0 amide bonds. The van der Waals surface area contributed by atoms with Gasteiger partial charge in [-0.15, -0.1) is 0 Å². The largest absolute Gasteiger partial charge is 0.310 e. The SMILES string of the molecule is [C-]#[N+]c1ccccc1-c1c2ccccc2c(-c2ccccc2[N+]#[C-])c2cc(N(c3ccccc3)c3ccc4c(c3)c3ccccc3n4-c3ccccc3)ccc12. The minimum atomic E-state index is 0.596. The van der Waals surface area contributed by atoms with E-state index in [2.05, 4.69) is 165 Å². The fraction of sp³-hybridized carbons (Fsp3) is 0. The van der Waals surface area contributed by atoms with Crippen molar-refractivity contribution in [2.75, 3.05) is 4.90 Å². The summed E-state index contributed by atoms with van der Waals surface area (Å²) in [7, 11) is 0. The Kier molecular flexibility index (Phi) is 7.88. The molecule has 1 aromatic heterocycles. The molecule has 0 radical (unpaired) electrons. The molecule has 4 heteroatoms. The molecule has 0 saturated heterocycles. The zero-order valence-electron chi connectivity index (χ0n) is 30.3. The van der Waals surface area contributed by atoms with Gasteiger partial charge in [-0.05, 0) is 104 Å². The van der Waals surface area contributed by atoms with Crippen molar-refractivity contribution in [2.24, 2.45) is 0 Å². The first-order chi connectivity index (χ1) is 27.7. The van der Waals surface area contributed by atoms with Gasteiger partial charge in [-0.1, -0.05) is 133 Å². The minimum Gasteiger partial charge on any atom is -0.310 e. The number of nitrogens with zero attached hydrogens (tertiary/aromatic N) is 4. The lowest BCUT2D eigenvalue weighted by atomic mass is 9.85. The van der Waals surface area contributed by atoms with Gasteiger partial charge in [0.1, 0.15) is 0 Å². The van der Waals surface area contributed by atoms with Crippen molar-refractivity contribution in [3.05, 3.63) is 217 Å². The predicted octanol–water partition coefficient (Wildman–Crippen LogP) is 15.0. The van der Waals surface area contributed by atoms with Gasteiger partial charge in [0.05, 0.1) is 24.2 Å². The third kappa shape index (κ3) is 5.21. The molecule has 0 bridgehead atoms. The summed E-state index contributed by atoms with van der Waals surface area (Å²) in [5, 5.41) is 6.46. The quantitative estimate of drug-likeness (QED) is 0.124. The maximum Gasteiger partial charge on any atom is 0.194 e. The minimum absolute atomic E-state index is 0.596. The third-order valence-corrected chi connectivity index (χ3v) is 10.8. The van der Waals surface area contributed by atoms with Gasteiger partial charge < -0.3 is 9.47 Å². The summed E-state index contributed by atoms with van der Waals surface area (Å²) in [5.41, 5.74) is 11.4. The molecule has 0 saturated carbocycles. The van der Waals surface area contributed by atoms with Crippen LogP contribution in [0.15, 0.2) is 194 Å². The molecule has 0 atom stereocenters. The second-order valence-corrected chi connectivity index (χ2v) is 13.8. The molecule has 1 heterocycles. The molecule has 0 aliphatic rings. The average Bonchev–Trinajstić information content (AvgIpc) is 3.60. The molecule has 0 spiro atoms. The van der Waals surface area contributed by atoms with Crippen LogP contribution in [0.25, 0.3) is 81.0 Å². The van der Waals surface area contributed by atoms with Crippen LogP contribution in [0.4, 0.5) is 28.4 Å². The molecule has 10 aromatic rings. The third-order valence-electron chi connectivity index (χ3n) is 10.8. The van der Waals surface area contributed by atoms with Gasteiger partial charge in [0.25, 0.3) is 0 Å². The summed E-state index contributed by atoms with van der Waals surface area (Å²) in [6.45, 7) is 16.3. The van der Waals surface area contributed by atoms with Crippen molar-refractivity contribution < 1.29 is 0 Å². The van der Waals surface area contributed by atoms with Crippen LogP contribution in [0.2, 0.25) is 0 Å². The highest BCUT2D eigenvalue weighted by Gasteiger charge is 2.23. The standard InChI is InChI=1S/C52H32N4/c1-53-47-26-14-11-24-43(47)51-40-22-9-10-23-41(40)52(44-25-12-15-27-48(44)54-2)46-34-37(29-31-42(46)51)55(35-17-5-3-6-18-35)38-30-32-50-45(33-38)39-21-13-16-28-49(39)56(50)36-19-7-4-8-20-36/h3-34H. The number of benzene rings is 9. The summed E-state index contributed by atoms with van der Waals surface area (Å²) in [6.07, 6.45) is 0. The first kappa shape index (κ1) is 32.7. The van der Waals surface area contributed by atoms with E-state index in [9.17, 15) is 0 Å². The topological polar surface area (TPSA) is 16.9 Å². The summed E-state index contributed by atoms with van der Waals surface area (Å²) in [5.74, 6) is 0. The zero-order chi connectivity index (χ0) is 37.6. The van der Waals surface area contributed by atoms with Crippen molar-refractivity contribution in [2.45, 2.75) is 0 Å². The molecule has 260 valence electrons. The maximum absolute atomic E-state index is 8.18. The van der Waals surface area contributed by atoms with Crippen LogP contribution >= 0.6 is 0 Å². The highest BCUT2D eigenvalue weighted by Crippen LogP contribution is 2.49. The van der Waals surface area contributed by atoms with Crippen LogP contribution in [-0.4, -0.2) is 4.57 Å². The molecular formula is C52H32N4. The molecule has 9 aromatic carbocycles. The number of aromatic nitrogens is 1. The van der Waals surface area contributed by atoms with Gasteiger partial charge in [-0.2, -0.15) is 0 Å². The summed E-state index contributed by atoms with van der Waals surface area (Å²) in [4.78, 5) is 10.3. The van der Waals surface area contributed by atoms with Gasteiger partial charge in [0.2, 0.25) is 0 Å². The lowest BCUT2D eigenvalue weighted by molar-refractivity contribution is 1.18. The van der Waals surface area contributed by atoms with E-state index < -0.39 is 0 Å². The van der Waals surface area contributed by atoms with Crippen LogP contribution in [0, 0.1) is 13.1 Å². The van der Waals surface area contributed by atoms with E-state index in [1.807, 2.05) is 48.5 Å². The molecule has 0 N–H and O–H groups in total. The Bertz CT molecular complexity index is 3220. The van der Waals surface area contributed by atoms with E-state index in [0.717, 1.165) is 77.6 Å². The molecule has 10 rings (SSSR count). The van der Waals surface area contributed by atoms with Crippen LogP contribution < -0.4 is 4.90 Å². The number of rotatable bonds is 6. The van der Waals surface area contributed by atoms with E-state index in [0.29, 0.717) is 11.4 Å². The van der Waals surface area contributed by atoms with E-state index in [1.165, 1.54) is 10.8 Å². The van der Waals surface area contributed by atoms with Crippen LogP contribution in [0.1, 0.15) is 0 Å². The van der Waals surface area contributed by atoms with Crippen molar-refractivity contribution in [3.63, 3.8) is 0 Å². The Morgan fingerprint density at radius 1 is 0.357 bits per heavy atom. The van der Waals surface area contributed by atoms with Gasteiger partial charge in [0, 0.05) is 33.5 Å². The Balaban J connectivity index is 1.29. The number of para-hydroxylation sites is 5. The van der Waals surface area contributed by atoms with Gasteiger partial charge in [0.15, 0.2) is 11.4 Å². The number of hydrogen-bond donors (Lipinski definition) is 0. The van der Waals surface area contributed by atoms with E-state index >= 15 is 0 Å². The van der Waals surface area contributed by atoms with Crippen molar-refractivity contribution in [1.82, 2.24) is 4.57 Å². The van der Waals surface area contributed by atoms with E-state index in [-0.39, 0.29) is 0 Å². The fourth-order valence-electron chi connectivity index (χ4n) is 8.43. The zero-order valence-corrected chi connectivity index (χ0v) is 30.3. The van der Waals surface area contributed by atoms with Gasteiger partial charge >= 0.3 is 0 Å². The van der Waals surface area contributed by atoms with Crippen molar-refractivity contribution in [3.8, 4) is 27.9 Å². The molecule has 0 aliphatic carbocycles. The Morgan fingerprint density at radius 2 is 0.821 bits per heavy atom. The summed E-state index contributed by atoms with van der Waals surface area (Å²) in [6, 6.07) is 67.2. The first-order valence-corrected chi connectivity index (χ1v) is 18.6. The average molecular weight is 713 g/mol. The van der Waals surface area contributed by atoms with E-state index in [1.54, 1.807) is 0 Å². The Labute approximate surface area is 325 Å². The summed E-state index contributed by atoms with van der Waals surface area (Å²) < 4.78 is 2.34. The highest BCUT2D eigenvalue weighted by atomic mass is 15.1. The molecule has 56 heavy (non-hydrogen) atoms. The fourth-order valence-corrected chi connectivity index (χ4v) is 8.43. The lowest BCUT2D eigenvalue weighted by Gasteiger charge is -2.27. The Morgan fingerprint density at radius 3 is 1.46 bits per heavy atom. The molecular weight excluding hydrogens is 681 g/mol. The Hall–Kier alpha value is -7.92. The van der Waals surface area contributed by atoms with Crippen LogP contribution in [0.3, 0.4) is 0 Å². The highest BCUT2D eigenvalue weighted by molar-refractivity contribution is 6.24. The second kappa shape index (κ2) is 13.5. The molecule has 4 nitrogen and oxygen atoms in total. The molecule has 0 unspecified atom stereocenters. The molecule has 0 aliphatic heterocycles. The lowest BCUT2D eigenvalue weighted by Crippen LogP contribution is -2.10. The van der Waals surface area contributed by atoms with Crippen molar-refractivity contribution in [1.29, 1.82) is 0 Å². The monoisotopic (exact) mass is 712 g/mol. The van der Waals surface area contributed by atoms with Crippen molar-refractivity contribution >= 4 is 71.8 Å². The summed E-state index contributed by atoms with van der Waals surface area (Å²) >= 11 is 0. The maximum atomic E-state index is 8.18. The smallest absolute Gasteiger partial charge is 0.194 e. The van der Waals surface area contributed by atoms with Crippen LogP contribution in [0.5, 0.6) is 0 Å². The van der Waals surface area contributed by atoms with Gasteiger partial charge in [-0.3, -0.25) is 0 Å². The van der Waals surface area contributed by atoms with Gasteiger partial charge in [-0.25, -0.2) is 9.69 Å². The molecule has 0 fully saturated rings. The number of anilines is 3. The van der Waals surface area contributed by atoms with Crippen LogP contribution in [-0.2, 0) is 0 Å². The normalized spacial score (nSPS) is 11.2. The van der Waals surface area contributed by atoms with E-state index in [4.69, 9.17) is 13.1 Å². The second-order valence-electron chi connectivity index (χ2n) is 13.8. The number of fused-ring (bicyclic) bond motifs is 5.